The highest BCUT2D eigenvalue weighted by atomic mass is 79.9. The molecule has 0 spiro atoms. The van der Waals surface area contributed by atoms with Gasteiger partial charge in [-0.3, -0.25) is 0 Å². The summed E-state index contributed by atoms with van der Waals surface area (Å²) in [6.45, 7) is 1.83. The van der Waals surface area contributed by atoms with E-state index in [0.717, 1.165) is 10.0 Å². The molecule has 0 aliphatic heterocycles. The van der Waals surface area contributed by atoms with Crippen molar-refractivity contribution in [3.8, 4) is 11.6 Å². The highest BCUT2D eigenvalue weighted by Gasteiger charge is 2.12. The Morgan fingerprint density at radius 2 is 1.94 bits per heavy atom. The minimum Gasteiger partial charge on any atom is -0.434 e. The van der Waals surface area contributed by atoms with E-state index < -0.39 is 5.82 Å². The first-order chi connectivity index (χ1) is 8.47. The minimum atomic E-state index is -0.550. The van der Waals surface area contributed by atoms with E-state index in [1.807, 2.05) is 13.0 Å². The third kappa shape index (κ3) is 2.81. The molecule has 0 fully saturated rings. The van der Waals surface area contributed by atoms with E-state index in [4.69, 9.17) is 10.5 Å². The predicted molar refractivity (Wildman–Crippen MR) is 75.3 cm³/mol. The van der Waals surface area contributed by atoms with E-state index in [1.165, 1.54) is 12.3 Å². The Kier molecular flexibility index (Phi) is 3.87. The summed E-state index contributed by atoms with van der Waals surface area (Å²) < 4.78 is 20.4. The standard InChI is InChI=1S/C12H9Br2FN2O/c1-6-2-7(13)4-10(16)11(6)18-12-9(15)3-8(14)5-17-12/h2-5H,16H2,1H3. The van der Waals surface area contributed by atoms with Crippen molar-refractivity contribution in [3.05, 3.63) is 44.7 Å². The van der Waals surface area contributed by atoms with Gasteiger partial charge in [0.2, 0.25) is 0 Å². The van der Waals surface area contributed by atoms with Gasteiger partial charge in [-0.15, -0.1) is 0 Å². The van der Waals surface area contributed by atoms with Gasteiger partial charge in [-0.2, -0.15) is 0 Å². The summed E-state index contributed by atoms with van der Waals surface area (Å²) in [4.78, 5) is 3.87. The van der Waals surface area contributed by atoms with Gasteiger partial charge in [0.15, 0.2) is 11.6 Å². The number of pyridine rings is 1. The lowest BCUT2D eigenvalue weighted by atomic mass is 10.2. The number of anilines is 1. The van der Waals surface area contributed by atoms with Gasteiger partial charge in [0.05, 0.1) is 5.69 Å². The van der Waals surface area contributed by atoms with Crippen LogP contribution in [0, 0.1) is 12.7 Å². The van der Waals surface area contributed by atoms with E-state index in [1.54, 1.807) is 6.07 Å². The number of hydrogen-bond acceptors (Lipinski definition) is 3. The zero-order valence-electron chi connectivity index (χ0n) is 9.38. The molecule has 94 valence electrons. The number of nitrogens with two attached hydrogens (primary N) is 1. The molecule has 3 nitrogen and oxygen atoms in total. The van der Waals surface area contributed by atoms with Crippen LogP contribution in [0.4, 0.5) is 10.1 Å². The maximum Gasteiger partial charge on any atom is 0.256 e. The van der Waals surface area contributed by atoms with Crippen molar-refractivity contribution in [2.45, 2.75) is 6.92 Å². The smallest absolute Gasteiger partial charge is 0.256 e. The van der Waals surface area contributed by atoms with Crippen LogP contribution in [0.5, 0.6) is 11.6 Å². The van der Waals surface area contributed by atoms with Gasteiger partial charge in [-0.25, -0.2) is 9.37 Å². The second-order valence-electron chi connectivity index (χ2n) is 3.68. The average Bonchev–Trinajstić information content (AvgIpc) is 2.25. The summed E-state index contributed by atoms with van der Waals surface area (Å²) in [5.74, 6) is -0.242. The number of aryl methyl sites for hydroxylation is 1. The predicted octanol–water partition coefficient (Wildman–Crippen LogP) is 4.43. The van der Waals surface area contributed by atoms with Gasteiger partial charge in [-0.05, 0) is 46.6 Å². The molecule has 0 saturated heterocycles. The van der Waals surface area contributed by atoms with Crippen LogP contribution in [0.25, 0.3) is 0 Å². The van der Waals surface area contributed by atoms with Crippen LogP contribution < -0.4 is 10.5 Å². The molecule has 0 radical (unpaired) electrons. The van der Waals surface area contributed by atoms with Gasteiger partial charge in [0, 0.05) is 15.1 Å². The number of halogens is 3. The number of nitrogen functional groups attached to an aromatic ring is 1. The molecule has 0 amide bonds. The Bertz CT molecular complexity index is 582. The molecule has 0 saturated carbocycles. The highest BCUT2D eigenvalue weighted by molar-refractivity contribution is 9.10. The minimum absolute atomic E-state index is 0.102. The monoisotopic (exact) mass is 374 g/mol. The van der Waals surface area contributed by atoms with Crippen molar-refractivity contribution in [1.82, 2.24) is 4.98 Å². The second-order valence-corrected chi connectivity index (χ2v) is 5.51. The van der Waals surface area contributed by atoms with Crippen LogP contribution in [-0.2, 0) is 0 Å². The third-order valence-electron chi connectivity index (χ3n) is 2.24. The Balaban J connectivity index is 2.40. The molecule has 6 heteroatoms. The first-order valence-electron chi connectivity index (χ1n) is 5.02. The number of aromatic nitrogens is 1. The molecule has 2 aromatic rings. The van der Waals surface area contributed by atoms with Gasteiger partial charge < -0.3 is 10.5 Å². The first kappa shape index (κ1) is 13.3. The van der Waals surface area contributed by atoms with Gasteiger partial charge in [0.1, 0.15) is 0 Å². The quantitative estimate of drug-likeness (QED) is 0.790. The summed E-state index contributed by atoms with van der Waals surface area (Å²) in [6, 6.07) is 4.81. The van der Waals surface area contributed by atoms with Crippen molar-refractivity contribution >= 4 is 37.5 Å². The lowest BCUT2D eigenvalue weighted by Crippen LogP contribution is -1.98. The summed E-state index contributed by atoms with van der Waals surface area (Å²) in [5, 5.41) is 0. The Morgan fingerprint density at radius 1 is 1.22 bits per heavy atom. The number of benzene rings is 1. The highest BCUT2D eigenvalue weighted by Crippen LogP contribution is 2.34. The largest absolute Gasteiger partial charge is 0.434 e. The first-order valence-corrected chi connectivity index (χ1v) is 6.60. The van der Waals surface area contributed by atoms with E-state index in [2.05, 4.69) is 36.8 Å². The zero-order valence-corrected chi connectivity index (χ0v) is 12.5. The normalized spacial score (nSPS) is 10.4. The summed E-state index contributed by atoms with van der Waals surface area (Å²) >= 11 is 6.46. The SMILES string of the molecule is Cc1cc(Br)cc(N)c1Oc1ncc(Br)cc1F. The van der Waals surface area contributed by atoms with Crippen molar-refractivity contribution < 1.29 is 9.13 Å². The Hall–Kier alpha value is -1.14. The van der Waals surface area contributed by atoms with Gasteiger partial charge in [-0.1, -0.05) is 15.9 Å². The number of nitrogens with zero attached hydrogens (tertiary/aromatic N) is 1. The zero-order chi connectivity index (χ0) is 13.3. The van der Waals surface area contributed by atoms with Gasteiger partial charge in [0.25, 0.3) is 5.88 Å². The molecular weight excluding hydrogens is 367 g/mol. The molecule has 0 bridgehead atoms. The summed E-state index contributed by atoms with van der Waals surface area (Å²) in [6.07, 6.45) is 1.46. The fourth-order valence-corrected chi connectivity index (χ4v) is 2.36. The molecule has 0 aliphatic rings. The maximum atomic E-state index is 13.6. The molecular formula is C12H9Br2FN2O. The number of rotatable bonds is 2. The molecule has 2 rings (SSSR count). The molecule has 1 heterocycles. The maximum absolute atomic E-state index is 13.6. The van der Waals surface area contributed by atoms with Crippen LogP contribution in [0.3, 0.4) is 0 Å². The van der Waals surface area contributed by atoms with Crippen molar-refractivity contribution in [2.24, 2.45) is 0 Å². The molecule has 1 aromatic heterocycles. The molecule has 0 unspecified atom stereocenters. The Morgan fingerprint density at radius 3 is 2.56 bits per heavy atom. The fourth-order valence-electron chi connectivity index (χ4n) is 1.47. The average molecular weight is 376 g/mol. The van der Waals surface area contributed by atoms with Crippen LogP contribution in [-0.4, -0.2) is 4.98 Å². The van der Waals surface area contributed by atoms with E-state index in [9.17, 15) is 4.39 Å². The topological polar surface area (TPSA) is 48.1 Å². The van der Waals surface area contributed by atoms with Gasteiger partial charge >= 0.3 is 0 Å². The lowest BCUT2D eigenvalue weighted by molar-refractivity contribution is 0.421. The number of ether oxygens (including phenoxy) is 1. The molecule has 18 heavy (non-hydrogen) atoms. The fraction of sp³-hybridized carbons (Fsp3) is 0.0833. The van der Waals surface area contributed by atoms with E-state index in [0.29, 0.717) is 15.9 Å². The Labute approximate surface area is 120 Å². The van der Waals surface area contributed by atoms with Crippen LogP contribution in [0.2, 0.25) is 0 Å². The summed E-state index contributed by atoms with van der Waals surface area (Å²) in [5.41, 5.74) is 7.05. The third-order valence-corrected chi connectivity index (χ3v) is 3.13. The molecule has 2 N–H and O–H groups in total. The van der Waals surface area contributed by atoms with Crippen LogP contribution in [0.1, 0.15) is 5.56 Å². The second kappa shape index (κ2) is 5.24. The van der Waals surface area contributed by atoms with Crippen molar-refractivity contribution in [2.75, 3.05) is 5.73 Å². The molecule has 0 atom stereocenters. The molecule has 1 aromatic carbocycles. The van der Waals surface area contributed by atoms with Crippen molar-refractivity contribution in [3.63, 3.8) is 0 Å². The van der Waals surface area contributed by atoms with E-state index in [-0.39, 0.29) is 5.88 Å². The van der Waals surface area contributed by atoms with Crippen molar-refractivity contribution in [1.29, 1.82) is 0 Å². The lowest BCUT2D eigenvalue weighted by Gasteiger charge is -2.11. The molecule has 0 aliphatic carbocycles. The van der Waals surface area contributed by atoms with Crippen LogP contribution >= 0.6 is 31.9 Å². The van der Waals surface area contributed by atoms with E-state index >= 15 is 0 Å². The van der Waals surface area contributed by atoms with Crippen LogP contribution in [0.15, 0.2) is 33.3 Å². The number of hydrogen-bond donors (Lipinski definition) is 1. The summed E-state index contributed by atoms with van der Waals surface area (Å²) in [7, 11) is 0.